The van der Waals surface area contributed by atoms with Crippen molar-refractivity contribution in [2.75, 3.05) is 33.4 Å². The van der Waals surface area contributed by atoms with Crippen molar-refractivity contribution in [2.24, 2.45) is 0 Å². The average molecular weight is 357 g/mol. The van der Waals surface area contributed by atoms with Gasteiger partial charge in [0.25, 0.3) is 0 Å². The van der Waals surface area contributed by atoms with Crippen LogP contribution in [-0.2, 0) is 4.79 Å². The van der Waals surface area contributed by atoms with Gasteiger partial charge in [-0.25, -0.2) is 0 Å². The summed E-state index contributed by atoms with van der Waals surface area (Å²) in [6, 6.07) is 8.01. The zero-order valence-electron chi connectivity index (χ0n) is 14.6. The molecule has 1 N–H and O–H groups in total. The number of amides is 1. The first-order valence-corrected chi connectivity index (χ1v) is 8.55. The van der Waals surface area contributed by atoms with E-state index in [1.807, 2.05) is 43.1 Å². The van der Waals surface area contributed by atoms with Crippen LogP contribution in [0.3, 0.4) is 0 Å². The van der Waals surface area contributed by atoms with Gasteiger partial charge >= 0.3 is 0 Å². The smallest absolute Gasteiger partial charge is 0.222 e. The van der Waals surface area contributed by atoms with Crippen LogP contribution in [0.1, 0.15) is 32.6 Å². The zero-order chi connectivity index (χ0) is 16.5. The molecule has 1 unspecified atom stereocenters. The molecule has 1 amide bonds. The quantitative estimate of drug-likeness (QED) is 0.691. The van der Waals surface area contributed by atoms with Gasteiger partial charge in [0.1, 0.15) is 0 Å². The zero-order valence-corrected chi connectivity index (χ0v) is 15.4. The molecule has 0 radical (unpaired) electrons. The Bertz CT molecular complexity index is 499. The van der Waals surface area contributed by atoms with Gasteiger partial charge in [0.05, 0.1) is 13.2 Å². The predicted octanol–water partition coefficient (Wildman–Crippen LogP) is 2.88. The highest BCUT2D eigenvalue weighted by atomic mass is 35.5. The van der Waals surface area contributed by atoms with Gasteiger partial charge in [0.15, 0.2) is 11.5 Å². The van der Waals surface area contributed by atoms with E-state index in [0.29, 0.717) is 25.7 Å². The average Bonchev–Trinajstić information content (AvgIpc) is 3.02. The Balaban J connectivity index is 0.00000288. The van der Waals surface area contributed by atoms with E-state index in [2.05, 4.69) is 5.32 Å². The molecule has 1 saturated heterocycles. The van der Waals surface area contributed by atoms with Crippen molar-refractivity contribution in [3.63, 3.8) is 0 Å². The highest BCUT2D eigenvalue weighted by molar-refractivity contribution is 5.85. The summed E-state index contributed by atoms with van der Waals surface area (Å²) in [5.41, 5.74) is 0. The fraction of sp³-hybridized carbons (Fsp3) is 0.611. The van der Waals surface area contributed by atoms with Gasteiger partial charge in [-0.3, -0.25) is 4.79 Å². The van der Waals surface area contributed by atoms with Crippen LogP contribution < -0.4 is 14.8 Å². The molecule has 1 aliphatic heterocycles. The summed E-state index contributed by atoms with van der Waals surface area (Å²) in [5.74, 6) is 1.75. The van der Waals surface area contributed by atoms with Crippen LogP contribution in [0.4, 0.5) is 0 Å². The summed E-state index contributed by atoms with van der Waals surface area (Å²) < 4.78 is 11.3. The Labute approximate surface area is 151 Å². The molecule has 1 aromatic carbocycles. The Hall–Kier alpha value is -1.46. The minimum Gasteiger partial charge on any atom is -0.490 e. The number of para-hydroxylation sites is 2. The molecule has 6 heteroatoms. The Kier molecular flexibility index (Phi) is 9.57. The number of rotatable bonds is 9. The standard InChI is InChI=1S/C18H28N2O3.ClH/c1-3-22-16-9-4-5-10-17(16)23-13-7-11-18(21)20-12-6-8-15(20)14-19-2;/h4-5,9-10,15,19H,3,6-8,11-14H2,1-2H3;1H. The van der Waals surface area contributed by atoms with Crippen LogP contribution in [0.15, 0.2) is 24.3 Å². The van der Waals surface area contributed by atoms with Crippen molar-refractivity contribution in [2.45, 2.75) is 38.6 Å². The SMILES string of the molecule is CCOc1ccccc1OCCCC(=O)N1CCCC1CNC.Cl. The molecular weight excluding hydrogens is 328 g/mol. The molecule has 2 rings (SSSR count). The Morgan fingerprint density at radius 1 is 1.29 bits per heavy atom. The fourth-order valence-corrected chi connectivity index (χ4v) is 3.01. The number of carbonyl (C=O) groups is 1. The Morgan fingerprint density at radius 3 is 2.67 bits per heavy atom. The minimum atomic E-state index is 0. The van der Waals surface area contributed by atoms with Crippen molar-refractivity contribution in [1.82, 2.24) is 10.2 Å². The van der Waals surface area contributed by atoms with E-state index < -0.39 is 0 Å². The summed E-state index contributed by atoms with van der Waals surface area (Å²) in [7, 11) is 1.94. The molecule has 1 atom stereocenters. The lowest BCUT2D eigenvalue weighted by Crippen LogP contribution is -2.40. The summed E-state index contributed by atoms with van der Waals surface area (Å²) in [6.07, 6.45) is 3.47. The Morgan fingerprint density at radius 2 is 2.00 bits per heavy atom. The van der Waals surface area contributed by atoms with Crippen molar-refractivity contribution in [1.29, 1.82) is 0 Å². The number of likely N-dealkylation sites (tertiary alicyclic amines) is 1. The second-order valence-corrected chi connectivity index (χ2v) is 5.77. The van der Waals surface area contributed by atoms with Gasteiger partial charge in [-0.2, -0.15) is 0 Å². The van der Waals surface area contributed by atoms with Crippen molar-refractivity contribution < 1.29 is 14.3 Å². The number of carbonyl (C=O) groups excluding carboxylic acids is 1. The number of hydrogen-bond acceptors (Lipinski definition) is 4. The topological polar surface area (TPSA) is 50.8 Å². The van der Waals surface area contributed by atoms with E-state index in [0.717, 1.165) is 43.9 Å². The highest BCUT2D eigenvalue weighted by Gasteiger charge is 2.27. The molecule has 1 aromatic rings. The molecule has 1 aliphatic rings. The van der Waals surface area contributed by atoms with Crippen LogP contribution in [0.25, 0.3) is 0 Å². The maximum absolute atomic E-state index is 12.3. The molecule has 0 aliphatic carbocycles. The van der Waals surface area contributed by atoms with Crippen molar-refractivity contribution in [3.8, 4) is 11.5 Å². The molecule has 136 valence electrons. The number of benzene rings is 1. The second-order valence-electron chi connectivity index (χ2n) is 5.77. The first kappa shape index (κ1) is 20.6. The molecular formula is C18H29ClN2O3. The summed E-state index contributed by atoms with van der Waals surface area (Å²) in [6.45, 7) is 4.86. The van der Waals surface area contributed by atoms with E-state index in [1.165, 1.54) is 0 Å². The van der Waals surface area contributed by atoms with Gasteiger partial charge in [-0.1, -0.05) is 12.1 Å². The molecule has 0 bridgehead atoms. The van der Waals surface area contributed by atoms with Gasteiger partial charge in [-0.15, -0.1) is 12.4 Å². The van der Waals surface area contributed by atoms with E-state index >= 15 is 0 Å². The number of ether oxygens (including phenoxy) is 2. The lowest BCUT2D eigenvalue weighted by Gasteiger charge is -2.24. The monoisotopic (exact) mass is 356 g/mol. The second kappa shape index (κ2) is 11.2. The number of hydrogen-bond donors (Lipinski definition) is 1. The van der Waals surface area contributed by atoms with Gasteiger partial charge < -0.3 is 19.7 Å². The normalized spacial score (nSPS) is 16.6. The summed E-state index contributed by atoms with van der Waals surface area (Å²) >= 11 is 0. The number of likely N-dealkylation sites (N-methyl/N-ethyl adjacent to an activating group) is 1. The molecule has 1 fully saturated rings. The van der Waals surface area contributed by atoms with Gasteiger partial charge in [-0.05, 0) is 45.4 Å². The van der Waals surface area contributed by atoms with E-state index in [-0.39, 0.29) is 18.3 Å². The van der Waals surface area contributed by atoms with Crippen LogP contribution in [0.5, 0.6) is 11.5 Å². The lowest BCUT2D eigenvalue weighted by molar-refractivity contribution is -0.132. The van der Waals surface area contributed by atoms with Crippen LogP contribution in [-0.4, -0.2) is 50.2 Å². The van der Waals surface area contributed by atoms with Crippen molar-refractivity contribution in [3.05, 3.63) is 24.3 Å². The largest absolute Gasteiger partial charge is 0.490 e. The van der Waals surface area contributed by atoms with E-state index in [9.17, 15) is 4.79 Å². The van der Waals surface area contributed by atoms with Crippen LogP contribution in [0, 0.1) is 0 Å². The van der Waals surface area contributed by atoms with Gasteiger partial charge in [0, 0.05) is 25.6 Å². The van der Waals surface area contributed by atoms with Crippen LogP contribution >= 0.6 is 12.4 Å². The third-order valence-electron chi connectivity index (χ3n) is 4.08. The molecule has 5 nitrogen and oxygen atoms in total. The molecule has 0 aromatic heterocycles. The third kappa shape index (κ3) is 5.87. The summed E-state index contributed by atoms with van der Waals surface area (Å²) in [5, 5.41) is 3.17. The molecule has 0 saturated carbocycles. The molecule has 0 spiro atoms. The maximum atomic E-state index is 12.3. The first-order valence-electron chi connectivity index (χ1n) is 8.55. The van der Waals surface area contributed by atoms with Crippen molar-refractivity contribution >= 4 is 18.3 Å². The third-order valence-corrected chi connectivity index (χ3v) is 4.08. The minimum absolute atomic E-state index is 0. The molecule has 24 heavy (non-hydrogen) atoms. The van der Waals surface area contributed by atoms with E-state index in [1.54, 1.807) is 0 Å². The van der Waals surface area contributed by atoms with Crippen LogP contribution in [0.2, 0.25) is 0 Å². The first-order chi connectivity index (χ1) is 11.3. The number of nitrogens with one attached hydrogen (secondary N) is 1. The fourth-order valence-electron chi connectivity index (χ4n) is 3.01. The van der Waals surface area contributed by atoms with E-state index in [4.69, 9.17) is 9.47 Å². The summed E-state index contributed by atoms with van der Waals surface area (Å²) in [4.78, 5) is 14.3. The number of nitrogens with zero attached hydrogens (tertiary/aromatic N) is 1. The highest BCUT2D eigenvalue weighted by Crippen LogP contribution is 2.26. The molecule has 1 heterocycles. The number of halogens is 1. The predicted molar refractivity (Wildman–Crippen MR) is 98.2 cm³/mol. The maximum Gasteiger partial charge on any atom is 0.222 e. The lowest BCUT2D eigenvalue weighted by atomic mass is 10.2. The van der Waals surface area contributed by atoms with Gasteiger partial charge in [0.2, 0.25) is 5.91 Å².